The van der Waals surface area contributed by atoms with E-state index in [9.17, 15) is 25.4 Å². The molecule has 2 atom stereocenters. The molecule has 1 amide bonds. The number of carbonyl (C=O) groups excluding carboxylic acids is 1. The predicted octanol–water partition coefficient (Wildman–Crippen LogP) is 3.38. The van der Waals surface area contributed by atoms with E-state index in [1.54, 1.807) is 37.3 Å². The molecule has 0 radical (unpaired) electrons. The standard InChI is InChI=1S/C20H15N5O3/c1-13-18(20(26)24(23-13)16-7-3-2-4-8-16)19(15(11-21)12-22)14-6-5-9-17(10-14)25(27)28/h2-10,15,18-19H,1H3/t18-,19+/m0/s1. The van der Waals surface area contributed by atoms with E-state index in [4.69, 9.17) is 0 Å². The molecule has 0 aromatic heterocycles. The van der Waals surface area contributed by atoms with Crippen molar-refractivity contribution in [1.29, 1.82) is 10.5 Å². The molecule has 1 aliphatic heterocycles. The molecule has 0 unspecified atom stereocenters. The van der Waals surface area contributed by atoms with Gasteiger partial charge in [0.1, 0.15) is 5.92 Å². The van der Waals surface area contributed by atoms with Crippen LogP contribution in [0.1, 0.15) is 18.4 Å². The molecule has 0 saturated heterocycles. The average molecular weight is 373 g/mol. The molecule has 2 aromatic carbocycles. The Balaban J connectivity index is 2.07. The Morgan fingerprint density at radius 3 is 2.43 bits per heavy atom. The molecule has 3 rings (SSSR count). The second-order valence-electron chi connectivity index (χ2n) is 6.32. The fraction of sp³-hybridized carbons (Fsp3) is 0.200. The third-order valence-electron chi connectivity index (χ3n) is 4.65. The van der Waals surface area contributed by atoms with Gasteiger partial charge >= 0.3 is 0 Å². The Morgan fingerprint density at radius 1 is 1.14 bits per heavy atom. The monoisotopic (exact) mass is 373 g/mol. The molecule has 0 bridgehead atoms. The Morgan fingerprint density at radius 2 is 1.82 bits per heavy atom. The molecule has 0 saturated carbocycles. The number of benzene rings is 2. The Kier molecular flexibility index (Phi) is 5.14. The van der Waals surface area contributed by atoms with Gasteiger partial charge in [0.25, 0.3) is 11.6 Å². The van der Waals surface area contributed by atoms with Crippen LogP contribution in [-0.4, -0.2) is 16.5 Å². The highest BCUT2D eigenvalue weighted by Gasteiger charge is 2.44. The van der Waals surface area contributed by atoms with E-state index >= 15 is 0 Å². The van der Waals surface area contributed by atoms with E-state index in [1.807, 2.05) is 18.2 Å². The smallest absolute Gasteiger partial charge is 0.269 e. The Labute approximate surface area is 161 Å². The molecule has 8 heteroatoms. The Hall–Kier alpha value is -4.04. The SMILES string of the molecule is CC1=NN(c2ccccc2)C(=O)[C@@H]1[C@H](c1cccc([N+](=O)[O-])c1)C(C#N)C#N. The first-order valence-corrected chi connectivity index (χ1v) is 8.45. The summed E-state index contributed by atoms with van der Waals surface area (Å²) in [5, 5.41) is 35.7. The second-order valence-corrected chi connectivity index (χ2v) is 6.32. The Bertz CT molecular complexity index is 1020. The van der Waals surface area contributed by atoms with Crippen molar-refractivity contribution in [2.75, 3.05) is 5.01 Å². The summed E-state index contributed by atoms with van der Waals surface area (Å²) in [5.74, 6) is -3.29. The molecule has 1 heterocycles. The van der Waals surface area contributed by atoms with Crippen molar-refractivity contribution in [3.63, 3.8) is 0 Å². The number of non-ortho nitro benzene ring substituents is 1. The van der Waals surface area contributed by atoms with Crippen LogP contribution < -0.4 is 5.01 Å². The number of anilines is 1. The van der Waals surface area contributed by atoms with Gasteiger partial charge in [0.2, 0.25) is 0 Å². The van der Waals surface area contributed by atoms with Crippen LogP contribution >= 0.6 is 0 Å². The van der Waals surface area contributed by atoms with Crippen LogP contribution in [0.3, 0.4) is 0 Å². The summed E-state index contributed by atoms with van der Waals surface area (Å²) in [6.07, 6.45) is 0. The molecule has 8 nitrogen and oxygen atoms in total. The number of carbonyl (C=O) groups is 1. The van der Waals surface area contributed by atoms with Crippen LogP contribution in [0.25, 0.3) is 0 Å². The molecule has 0 fully saturated rings. The van der Waals surface area contributed by atoms with E-state index < -0.39 is 22.7 Å². The maximum atomic E-state index is 13.1. The number of nitrogens with zero attached hydrogens (tertiary/aromatic N) is 5. The third kappa shape index (κ3) is 3.31. The maximum absolute atomic E-state index is 13.1. The number of nitriles is 2. The van der Waals surface area contributed by atoms with Gasteiger partial charge in [-0.05, 0) is 24.6 Å². The number of hydrazone groups is 1. The van der Waals surface area contributed by atoms with Gasteiger partial charge in [-0.1, -0.05) is 30.3 Å². The van der Waals surface area contributed by atoms with E-state index in [0.29, 0.717) is 17.0 Å². The van der Waals surface area contributed by atoms with Crippen molar-refractivity contribution < 1.29 is 9.72 Å². The highest BCUT2D eigenvalue weighted by molar-refractivity contribution is 6.15. The van der Waals surface area contributed by atoms with Crippen molar-refractivity contribution in [3.8, 4) is 12.1 Å². The number of hydrogen-bond donors (Lipinski definition) is 0. The van der Waals surface area contributed by atoms with Crippen molar-refractivity contribution in [3.05, 3.63) is 70.3 Å². The van der Waals surface area contributed by atoms with Crippen LogP contribution in [0.2, 0.25) is 0 Å². The molecule has 1 aliphatic rings. The van der Waals surface area contributed by atoms with Gasteiger partial charge in [0.15, 0.2) is 0 Å². The van der Waals surface area contributed by atoms with Gasteiger partial charge in [0.05, 0.1) is 28.7 Å². The number of para-hydroxylation sites is 1. The number of nitro groups is 1. The summed E-state index contributed by atoms with van der Waals surface area (Å²) < 4.78 is 0. The van der Waals surface area contributed by atoms with E-state index in [-0.39, 0.29) is 11.6 Å². The minimum atomic E-state index is -1.17. The molecular formula is C20H15N5O3. The number of rotatable bonds is 5. The lowest BCUT2D eigenvalue weighted by molar-refractivity contribution is -0.384. The first-order chi connectivity index (χ1) is 13.5. The molecular weight excluding hydrogens is 358 g/mol. The fourth-order valence-electron chi connectivity index (χ4n) is 3.36. The summed E-state index contributed by atoms with van der Waals surface area (Å²) in [6.45, 7) is 1.65. The predicted molar refractivity (Wildman–Crippen MR) is 101 cm³/mol. The summed E-state index contributed by atoms with van der Waals surface area (Å²) in [5.41, 5.74) is 1.22. The highest BCUT2D eigenvalue weighted by Crippen LogP contribution is 2.39. The fourth-order valence-corrected chi connectivity index (χ4v) is 3.36. The zero-order chi connectivity index (χ0) is 20.3. The van der Waals surface area contributed by atoms with Crippen molar-refractivity contribution in [2.24, 2.45) is 16.9 Å². The number of hydrogen-bond acceptors (Lipinski definition) is 6. The van der Waals surface area contributed by atoms with Crippen molar-refractivity contribution >= 4 is 23.0 Å². The summed E-state index contributed by atoms with van der Waals surface area (Å²) in [7, 11) is 0. The molecule has 0 aliphatic carbocycles. The van der Waals surface area contributed by atoms with Gasteiger partial charge in [0, 0.05) is 23.8 Å². The molecule has 0 N–H and O–H groups in total. The summed E-state index contributed by atoms with van der Waals surface area (Å²) >= 11 is 0. The zero-order valence-electron chi connectivity index (χ0n) is 14.9. The number of amides is 1. The van der Waals surface area contributed by atoms with Crippen molar-refractivity contribution in [2.45, 2.75) is 12.8 Å². The van der Waals surface area contributed by atoms with Gasteiger partial charge in [-0.2, -0.15) is 15.6 Å². The largest absolute Gasteiger partial charge is 0.272 e. The zero-order valence-corrected chi connectivity index (χ0v) is 14.9. The lowest BCUT2D eigenvalue weighted by atomic mass is 9.75. The summed E-state index contributed by atoms with van der Waals surface area (Å²) in [4.78, 5) is 23.7. The molecule has 2 aromatic rings. The normalized spacial score (nSPS) is 17.0. The molecule has 0 spiro atoms. The van der Waals surface area contributed by atoms with Gasteiger partial charge in [-0.3, -0.25) is 14.9 Å². The maximum Gasteiger partial charge on any atom is 0.269 e. The van der Waals surface area contributed by atoms with Gasteiger partial charge < -0.3 is 0 Å². The van der Waals surface area contributed by atoms with Crippen LogP contribution in [0.4, 0.5) is 11.4 Å². The van der Waals surface area contributed by atoms with Crippen LogP contribution in [0, 0.1) is 44.6 Å². The van der Waals surface area contributed by atoms with Gasteiger partial charge in [-0.25, -0.2) is 5.01 Å². The van der Waals surface area contributed by atoms with Gasteiger partial charge in [-0.15, -0.1) is 0 Å². The topological polar surface area (TPSA) is 123 Å². The van der Waals surface area contributed by atoms with Crippen LogP contribution in [0.15, 0.2) is 59.7 Å². The van der Waals surface area contributed by atoms with E-state index in [2.05, 4.69) is 5.10 Å². The quantitative estimate of drug-likeness (QED) is 0.587. The molecule has 138 valence electrons. The van der Waals surface area contributed by atoms with Crippen LogP contribution in [-0.2, 0) is 4.79 Å². The third-order valence-corrected chi connectivity index (χ3v) is 4.65. The lowest BCUT2D eigenvalue weighted by Crippen LogP contribution is -2.34. The first kappa shape index (κ1) is 18.7. The summed E-state index contributed by atoms with van der Waals surface area (Å²) in [6, 6.07) is 18.3. The minimum absolute atomic E-state index is 0.169. The first-order valence-electron chi connectivity index (χ1n) is 8.45. The lowest BCUT2D eigenvalue weighted by Gasteiger charge is -2.24. The van der Waals surface area contributed by atoms with E-state index in [0.717, 1.165) is 0 Å². The molecule has 28 heavy (non-hydrogen) atoms. The highest BCUT2D eigenvalue weighted by atomic mass is 16.6. The minimum Gasteiger partial charge on any atom is -0.272 e. The number of nitro benzene ring substituents is 1. The van der Waals surface area contributed by atoms with Crippen molar-refractivity contribution in [1.82, 2.24) is 0 Å². The second kappa shape index (κ2) is 7.68. The average Bonchev–Trinajstić information content (AvgIpc) is 3.01. The van der Waals surface area contributed by atoms with E-state index in [1.165, 1.54) is 23.2 Å². The van der Waals surface area contributed by atoms with Crippen LogP contribution in [0.5, 0.6) is 0 Å².